The lowest BCUT2D eigenvalue weighted by atomic mass is 10.0. The van der Waals surface area contributed by atoms with Gasteiger partial charge < -0.3 is 0 Å². The van der Waals surface area contributed by atoms with E-state index < -0.39 is 35.7 Å². The van der Waals surface area contributed by atoms with Gasteiger partial charge in [-0.2, -0.15) is 26.3 Å². The zero-order valence-corrected chi connectivity index (χ0v) is 16.6. The summed E-state index contributed by atoms with van der Waals surface area (Å²) in [4.78, 5) is 13.0. The van der Waals surface area contributed by atoms with Gasteiger partial charge in [-0.25, -0.2) is 4.79 Å². The summed E-state index contributed by atoms with van der Waals surface area (Å²) >= 11 is 1.36. The highest BCUT2D eigenvalue weighted by Gasteiger charge is 2.37. The maximum absolute atomic E-state index is 13.2. The SMILES string of the molecule is CSC=C(C)n1c(=O)n(Cc2cc(C(F)(F)F)cc(C(F)(F)F)c2)c2ccccc21. The normalized spacial score (nSPS) is 13.3. The van der Waals surface area contributed by atoms with Crippen LogP contribution in [0.15, 0.2) is 52.7 Å². The molecule has 0 radical (unpaired) electrons. The second-order valence-corrected chi connectivity index (χ2v) is 7.31. The Morgan fingerprint density at radius 1 is 0.967 bits per heavy atom. The molecule has 10 heteroatoms. The van der Waals surface area contributed by atoms with Crippen LogP contribution in [-0.2, 0) is 18.9 Å². The minimum Gasteiger partial charge on any atom is -0.287 e. The van der Waals surface area contributed by atoms with E-state index in [1.807, 2.05) is 0 Å². The van der Waals surface area contributed by atoms with Crippen LogP contribution in [0.5, 0.6) is 0 Å². The number of allylic oxidation sites excluding steroid dienone is 1. The molecule has 0 saturated carbocycles. The Bertz CT molecular complexity index is 1140. The number of nitrogens with zero attached hydrogens (tertiary/aromatic N) is 2. The van der Waals surface area contributed by atoms with Crippen molar-refractivity contribution in [2.75, 3.05) is 6.26 Å². The molecule has 1 aromatic heterocycles. The number of hydrogen-bond acceptors (Lipinski definition) is 2. The van der Waals surface area contributed by atoms with Gasteiger partial charge in [0.15, 0.2) is 0 Å². The fourth-order valence-corrected chi connectivity index (χ4v) is 3.66. The minimum atomic E-state index is -4.95. The van der Waals surface area contributed by atoms with E-state index in [0.717, 1.165) is 0 Å². The third kappa shape index (κ3) is 4.28. The Morgan fingerprint density at radius 2 is 1.50 bits per heavy atom. The highest BCUT2D eigenvalue weighted by atomic mass is 32.2. The summed E-state index contributed by atoms with van der Waals surface area (Å²) in [7, 11) is 0. The van der Waals surface area contributed by atoms with Gasteiger partial charge >= 0.3 is 18.0 Å². The highest BCUT2D eigenvalue weighted by molar-refractivity contribution is 8.01. The van der Waals surface area contributed by atoms with Crippen LogP contribution in [0.25, 0.3) is 16.7 Å². The summed E-state index contributed by atoms with van der Waals surface area (Å²) < 4.78 is 81.5. The third-order valence-corrected chi connectivity index (χ3v) is 5.04. The van der Waals surface area contributed by atoms with E-state index >= 15 is 0 Å². The number of hydrogen-bond donors (Lipinski definition) is 0. The van der Waals surface area contributed by atoms with Crippen molar-refractivity contribution in [3.8, 4) is 0 Å². The van der Waals surface area contributed by atoms with Gasteiger partial charge in [0.2, 0.25) is 0 Å². The Kier molecular flexibility index (Phi) is 5.81. The maximum atomic E-state index is 13.2. The lowest BCUT2D eigenvalue weighted by molar-refractivity contribution is -0.143. The van der Waals surface area contributed by atoms with E-state index in [4.69, 9.17) is 0 Å². The quantitative estimate of drug-likeness (QED) is 0.455. The molecule has 0 bridgehead atoms. The number of para-hydroxylation sites is 2. The van der Waals surface area contributed by atoms with Crippen molar-refractivity contribution in [1.82, 2.24) is 9.13 Å². The molecule has 30 heavy (non-hydrogen) atoms. The van der Waals surface area contributed by atoms with Crippen molar-refractivity contribution in [3.05, 3.63) is 75.0 Å². The molecule has 3 aromatic rings. The predicted molar refractivity (Wildman–Crippen MR) is 105 cm³/mol. The second-order valence-electron chi connectivity index (χ2n) is 6.60. The molecular weight excluding hydrogens is 430 g/mol. The minimum absolute atomic E-state index is 0.0703. The molecule has 0 saturated heterocycles. The molecule has 1 heterocycles. The predicted octanol–water partition coefficient (Wildman–Crippen LogP) is 6.07. The van der Waals surface area contributed by atoms with Crippen LogP contribution in [0.4, 0.5) is 26.3 Å². The van der Waals surface area contributed by atoms with Crippen LogP contribution < -0.4 is 5.69 Å². The Balaban J connectivity index is 2.21. The van der Waals surface area contributed by atoms with Crippen LogP contribution in [0, 0.1) is 0 Å². The van der Waals surface area contributed by atoms with Crippen molar-refractivity contribution in [3.63, 3.8) is 0 Å². The molecule has 0 N–H and O–H groups in total. The van der Waals surface area contributed by atoms with E-state index in [1.54, 1.807) is 42.9 Å². The van der Waals surface area contributed by atoms with E-state index in [0.29, 0.717) is 28.9 Å². The number of thioether (sulfide) groups is 1. The molecule has 2 aromatic carbocycles. The molecule has 3 rings (SSSR count). The standard InChI is InChI=1S/C20H16F6N2OS/c1-12(11-30-2)28-17-6-4-3-5-16(17)27(18(28)29)10-13-7-14(19(21,22)23)9-15(8-13)20(24,25)26/h3-9,11H,10H2,1-2H3. The van der Waals surface area contributed by atoms with Crippen molar-refractivity contribution in [1.29, 1.82) is 0 Å². The molecule has 0 atom stereocenters. The summed E-state index contributed by atoms with van der Waals surface area (Å²) in [5.41, 5.74) is -2.15. The smallest absolute Gasteiger partial charge is 0.287 e. The molecule has 0 fully saturated rings. The van der Waals surface area contributed by atoms with Gasteiger partial charge in [0.25, 0.3) is 0 Å². The number of rotatable bonds is 4. The summed E-state index contributed by atoms with van der Waals surface area (Å²) in [5, 5.41) is 1.73. The number of fused-ring (bicyclic) bond motifs is 1. The first-order valence-corrected chi connectivity index (χ1v) is 9.91. The fraction of sp³-hybridized carbons (Fsp3) is 0.250. The summed E-state index contributed by atoms with van der Waals surface area (Å²) in [6, 6.07) is 7.94. The van der Waals surface area contributed by atoms with Gasteiger partial charge in [-0.05, 0) is 54.5 Å². The highest BCUT2D eigenvalue weighted by Crippen LogP contribution is 2.36. The third-order valence-electron chi connectivity index (χ3n) is 4.46. The molecule has 0 spiro atoms. The number of alkyl halides is 6. The largest absolute Gasteiger partial charge is 0.416 e. The summed E-state index contributed by atoms with van der Waals surface area (Å²) in [6.45, 7) is 1.26. The Hall–Kier alpha value is -2.62. The van der Waals surface area contributed by atoms with E-state index in [2.05, 4.69) is 0 Å². The van der Waals surface area contributed by atoms with Gasteiger partial charge in [-0.1, -0.05) is 12.1 Å². The van der Waals surface area contributed by atoms with E-state index in [9.17, 15) is 31.1 Å². The van der Waals surface area contributed by atoms with Crippen LogP contribution >= 0.6 is 11.8 Å². The number of benzene rings is 2. The molecule has 0 aliphatic heterocycles. The topological polar surface area (TPSA) is 26.9 Å². The summed E-state index contributed by atoms with van der Waals surface area (Å²) in [6.07, 6.45) is -8.10. The first-order valence-electron chi connectivity index (χ1n) is 8.62. The number of halogens is 6. The Morgan fingerprint density at radius 3 is 2.00 bits per heavy atom. The van der Waals surface area contributed by atoms with Gasteiger partial charge in [0, 0.05) is 5.70 Å². The average Bonchev–Trinajstić information content (AvgIpc) is 2.92. The monoisotopic (exact) mass is 446 g/mol. The number of imidazole rings is 1. The van der Waals surface area contributed by atoms with Gasteiger partial charge in [-0.15, -0.1) is 11.8 Å². The van der Waals surface area contributed by atoms with Crippen molar-refractivity contribution < 1.29 is 26.3 Å². The molecule has 0 aliphatic rings. The van der Waals surface area contributed by atoms with Crippen LogP contribution in [0.2, 0.25) is 0 Å². The zero-order chi connectivity index (χ0) is 22.3. The molecular formula is C20H16F6N2OS. The molecule has 160 valence electrons. The van der Waals surface area contributed by atoms with Crippen molar-refractivity contribution in [2.45, 2.75) is 25.8 Å². The van der Waals surface area contributed by atoms with Crippen LogP contribution in [0.1, 0.15) is 23.6 Å². The van der Waals surface area contributed by atoms with E-state index in [-0.39, 0.29) is 11.6 Å². The van der Waals surface area contributed by atoms with Gasteiger partial charge in [0.1, 0.15) is 0 Å². The second kappa shape index (κ2) is 7.90. The van der Waals surface area contributed by atoms with Crippen LogP contribution in [-0.4, -0.2) is 15.4 Å². The lowest BCUT2D eigenvalue weighted by Crippen LogP contribution is -2.24. The first-order chi connectivity index (χ1) is 13.9. The molecule has 0 amide bonds. The first kappa shape index (κ1) is 22.1. The Labute approximate surface area is 171 Å². The van der Waals surface area contributed by atoms with Crippen LogP contribution in [0.3, 0.4) is 0 Å². The van der Waals surface area contributed by atoms with E-state index in [1.165, 1.54) is 20.9 Å². The van der Waals surface area contributed by atoms with Crippen molar-refractivity contribution >= 4 is 28.5 Å². The van der Waals surface area contributed by atoms with Crippen molar-refractivity contribution in [2.24, 2.45) is 0 Å². The van der Waals surface area contributed by atoms with Gasteiger partial charge in [0.05, 0.1) is 28.7 Å². The maximum Gasteiger partial charge on any atom is 0.416 e. The summed E-state index contributed by atoms with van der Waals surface area (Å²) in [5.74, 6) is 0. The lowest BCUT2D eigenvalue weighted by Gasteiger charge is -2.14. The molecule has 0 aliphatic carbocycles. The molecule has 3 nitrogen and oxygen atoms in total. The average molecular weight is 446 g/mol. The fourth-order valence-electron chi connectivity index (χ4n) is 3.22. The number of aromatic nitrogens is 2. The molecule has 0 unspecified atom stereocenters. The van der Waals surface area contributed by atoms with Gasteiger partial charge in [-0.3, -0.25) is 9.13 Å². The zero-order valence-electron chi connectivity index (χ0n) is 15.8.